The number of nitrogens with one attached hydrogen (secondary N) is 1. The third kappa shape index (κ3) is 2.92. The highest BCUT2D eigenvalue weighted by Crippen LogP contribution is 2.37. The molecule has 0 amide bonds. The van der Waals surface area contributed by atoms with Crippen LogP contribution >= 0.6 is 0 Å². The van der Waals surface area contributed by atoms with Gasteiger partial charge in [0.05, 0.1) is 11.5 Å². The molecule has 2 aliphatic rings. The summed E-state index contributed by atoms with van der Waals surface area (Å²) in [5, 5.41) is 9.34. The molecule has 0 radical (unpaired) electrons. The summed E-state index contributed by atoms with van der Waals surface area (Å²) in [7, 11) is -3.45. The topological polar surface area (TPSA) is 71.3 Å². The molecule has 0 aromatic carbocycles. The van der Waals surface area contributed by atoms with Crippen molar-refractivity contribution >= 4 is 10.0 Å². The second-order valence-electron chi connectivity index (χ2n) is 5.97. The van der Waals surface area contributed by atoms with Crippen LogP contribution in [0.1, 0.15) is 50.3 Å². The molecule has 1 heterocycles. The van der Waals surface area contributed by atoms with Crippen molar-refractivity contribution in [3.63, 3.8) is 0 Å². The van der Waals surface area contributed by atoms with Crippen LogP contribution in [0.4, 0.5) is 0 Å². The van der Waals surface area contributed by atoms with Gasteiger partial charge in [0, 0.05) is 24.5 Å². The molecule has 1 aromatic rings. The Bertz CT molecular complexity index is 569. The van der Waals surface area contributed by atoms with E-state index < -0.39 is 10.0 Å². The number of nitrogens with zero attached hydrogens (tertiary/aromatic N) is 1. The van der Waals surface area contributed by atoms with Crippen LogP contribution in [0.15, 0.2) is 17.2 Å². The SMILES string of the molecule is O=S(=O)(NCC1CCCC1)c1cc(CO)n(C2CC2)c1. The van der Waals surface area contributed by atoms with E-state index >= 15 is 0 Å². The van der Waals surface area contributed by atoms with Crippen LogP contribution < -0.4 is 4.72 Å². The fraction of sp³-hybridized carbons (Fsp3) is 0.714. The third-order valence-electron chi connectivity index (χ3n) is 4.36. The Labute approximate surface area is 120 Å². The monoisotopic (exact) mass is 298 g/mol. The maximum atomic E-state index is 12.3. The molecule has 2 fully saturated rings. The fourth-order valence-corrected chi connectivity index (χ4v) is 4.15. The summed E-state index contributed by atoms with van der Waals surface area (Å²) in [4.78, 5) is 0.284. The zero-order chi connectivity index (χ0) is 14.2. The largest absolute Gasteiger partial charge is 0.390 e. The van der Waals surface area contributed by atoms with Gasteiger partial charge < -0.3 is 9.67 Å². The second kappa shape index (κ2) is 5.50. The zero-order valence-electron chi connectivity index (χ0n) is 11.6. The normalized spacial score (nSPS) is 20.6. The minimum absolute atomic E-state index is 0.116. The molecule has 3 rings (SSSR count). The van der Waals surface area contributed by atoms with Crippen LogP contribution in [0.5, 0.6) is 0 Å². The van der Waals surface area contributed by atoms with Crippen LogP contribution in [-0.2, 0) is 16.6 Å². The Morgan fingerprint density at radius 1 is 1.25 bits per heavy atom. The smallest absolute Gasteiger partial charge is 0.242 e. The van der Waals surface area contributed by atoms with Gasteiger partial charge in [-0.05, 0) is 37.7 Å². The number of sulfonamides is 1. The lowest BCUT2D eigenvalue weighted by atomic mass is 10.1. The summed E-state index contributed by atoms with van der Waals surface area (Å²) in [5.74, 6) is 0.479. The maximum absolute atomic E-state index is 12.3. The molecule has 0 aliphatic heterocycles. The molecule has 0 atom stereocenters. The number of aromatic nitrogens is 1. The molecule has 6 heteroatoms. The first-order valence-electron chi connectivity index (χ1n) is 7.41. The molecule has 0 spiro atoms. The first-order valence-corrected chi connectivity index (χ1v) is 8.90. The molecule has 2 N–H and O–H groups in total. The lowest BCUT2D eigenvalue weighted by Gasteiger charge is -2.10. The number of aliphatic hydroxyl groups excluding tert-OH is 1. The van der Waals surface area contributed by atoms with E-state index in [2.05, 4.69) is 4.72 Å². The predicted octanol–water partition coefficient (Wildman–Crippen LogP) is 1.78. The van der Waals surface area contributed by atoms with Crippen molar-refractivity contribution in [2.24, 2.45) is 5.92 Å². The van der Waals surface area contributed by atoms with Crippen molar-refractivity contribution in [2.45, 2.75) is 56.1 Å². The summed E-state index contributed by atoms with van der Waals surface area (Å²) in [6.45, 7) is 0.417. The fourth-order valence-electron chi connectivity index (χ4n) is 2.99. The van der Waals surface area contributed by atoms with Crippen molar-refractivity contribution in [2.75, 3.05) is 6.54 Å². The summed E-state index contributed by atoms with van der Waals surface area (Å²) in [6.07, 6.45) is 8.45. The maximum Gasteiger partial charge on any atom is 0.242 e. The van der Waals surface area contributed by atoms with Gasteiger partial charge in [-0.2, -0.15) is 0 Å². The Kier molecular flexibility index (Phi) is 3.88. The summed E-state index contributed by atoms with van der Waals surface area (Å²) in [5.41, 5.74) is 0.689. The molecule has 0 bridgehead atoms. The van der Waals surface area contributed by atoms with E-state index in [1.807, 2.05) is 4.57 Å². The molecule has 2 saturated carbocycles. The Balaban J connectivity index is 1.72. The lowest BCUT2D eigenvalue weighted by molar-refractivity contribution is 0.270. The second-order valence-corrected chi connectivity index (χ2v) is 7.73. The molecule has 2 aliphatic carbocycles. The highest BCUT2D eigenvalue weighted by atomic mass is 32.2. The van der Waals surface area contributed by atoms with Crippen molar-refractivity contribution < 1.29 is 13.5 Å². The standard InChI is InChI=1S/C14H22N2O3S/c17-10-13-7-14(9-16(13)12-5-6-12)20(18,19)15-8-11-3-1-2-4-11/h7,9,11-12,15,17H,1-6,8,10H2. The van der Waals surface area contributed by atoms with E-state index in [4.69, 9.17) is 0 Å². The number of rotatable bonds is 6. The van der Waals surface area contributed by atoms with Crippen LogP contribution in [-0.4, -0.2) is 24.6 Å². The first-order chi connectivity index (χ1) is 9.60. The minimum Gasteiger partial charge on any atom is -0.390 e. The van der Waals surface area contributed by atoms with Gasteiger partial charge in [0.1, 0.15) is 0 Å². The number of hydrogen-bond acceptors (Lipinski definition) is 3. The van der Waals surface area contributed by atoms with Crippen molar-refractivity contribution in [3.8, 4) is 0 Å². The number of hydrogen-bond donors (Lipinski definition) is 2. The van der Waals surface area contributed by atoms with Gasteiger partial charge in [0.2, 0.25) is 10.0 Å². The zero-order valence-corrected chi connectivity index (χ0v) is 12.4. The molecule has 1 aromatic heterocycles. The van der Waals surface area contributed by atoms with Crippen LogP contribution in [0, 0.1) is 5.92 Å². The molecule has 5 nitrogen and oxygen atoms in total. The Morgan fingerprint density at radius 3 is 2.55 bits per heavy atom. The Hall–Kier alpha value is -0.850. The van der Waals surface area contributed by atoms with E-state index in [9.17, 15) is 13.5 Å². The predicted molar refractivity (Wildman–Crippen MR) is 75.8 cm³/mol. The van der Waals surface area contributed by atoms with Crippen molar-refractivity contribution in [1.82, 2.24) is 9.29 Å². The van der Waals surface area contributed by atoms with Gasteiger partial charge >= 0.3 is 0 Å². The first kappa shape index (κ1) is 14.1. The average Bonchev–Trinajstić information content (AvgIpc) is 2.98. The molecule has 112 valence electrons. The van der Waals surface area contributed by atoms with Gasteiger partial charge in [-0.3, -0.25) is 0 Å². The summed E-state index contributed by atoms with van der Waals surface area (Å²) < 4.78 is 29.2. The van der Waals surface area contributed by atoms with Gasteiger partial charge in [0.25, 0.3) is 0 Å². The summed E-state index contributed by atoms with van der Waals surface area (Å²) >= 11 is 0. The quantitative estimate of drug-likeness (QED) is 0.841. The van der Waals surface area contributed by atoms with Crippen LogP contribution in [0.3, 0.4) is 0 Å². The molecular weight excluding hydrogens is 276 g/mol. The van der Waals surface area contributed by atoms with Gasteiger partial charge in [-0.15, -0.1) is 0 Å². The Morgan fingerprint density at radius 2 is 1.95 bits per heavy atom. The molecule has 0 unspecified atom stereocenters. The molecule has 0 saturated heterocycles. The van der Waals surface area contributed by atoms with Crippen molar-refractivity contribution in [3.05, 3.63) is 18.0 Å². The molecular formula is C14H22N2O3S. The van der Waals surface area contributed by atoms with E-state index in [0.29, 0.717) is 24.2 Å². The average molecular weight is 298 g/mol. The van der Waals surface area contributed by atoms with Gasteiger partial charge in [0.15, 0.2) is 0 Å². The van der Waals surface area contributed by atoms with Crippen LogP contribution in [0.25, 0.3) is 0 Å². The highest BCUT2D eigenvalue weighted by Gasteiger charge is 2.28. The highest BCUT2D eigenvalue weighted by molar-refractivity contribution is 7.89. The summed E-state index contributed by atoms with van der Waals surface area (Å²) in [6, 6.07) is 1.96. The van der Waals surface area contributed by atoms with Gasteiger partial charge in [-0.1, -0.05) is 12.8 Å². The number of aliphatic hydroxyl groups is 1. The van der Waals surface area contributed by atoms with Crippen LogP contribution in [0.2, 0.25) is 0 Å². The molecule has 20 heavy (non-hydrogen) atoms. The minimum atomic E-state index is -3.45. The van der Waals surface area contributed by atoms with E-state index in [1.54, 1.807) is 12.3 Å². The van der Waals surface area contributed by atoms with E-state index in [1.165, 1.54) is 12.8 Å². The van der Waals surface area contributed by atoms with E-state index in [0.717, 1.165) is 25.7 Å². The van der Waals surface area contributed by atoms with Gasteiger partial charge in [-0.25, -0.2) is 13.1 Å². The van der Waals surface area contributed by atoms with E-state index in [-0.39, 0.29) is 11.5 Å². The lowest BCUT2D eigenvalue weighted by Crippen LogP contribution is -2.28. The third-order valence-corrected chi connectivity index (χ3v) is 5.75. The van der Waals surface area contributed by atoms with Crippen molar-refractivity contribution in [1.29, 1.82) is 0 Å².